The summed E-state index contributed by atoms with van der Waals surface area (Å²) in [6.07, 6.45) is 0.404. The minimum absolute atomic E-state index is 0.303. The van der Waals surface area contributed by atoms with E-state index in [-0.39, 0.29) is 5.92 Å². The second-order valence-corrected chi connectivity index (χ2v) is 3.91. The molecule has 66 valence electrons. The first kappa shape index (κ1) is 8.95. The lowest BCUT2D eigenvalue weighted by molar-refractivity contribution is 0.0771. The maximum atomic E-state index is 12.2. The summed E-state index contributed by atoms with van der Waals surface area (Å²) in [4.78, 5) is 0. The Morgan fingerprint density at radius 2 is 1.64 bits per heavy atom. The van der Waals surface area contributed by atoms with Gasteiger partial charge in [0.2, 0.25) is 6.43 Å². The predicted octanol–water partition coefficient (Wildman–Crippen LogP) is 3.32. The van der Waals surface area contributed by atoms with E-state index in [1.54, 1.807) is 0 Å². The van der Waals surface area contributed by atoms with E-state index < -0.39 is 6.43 Å². The highest BCUT2D eigenvalue weighted by molar-refractivity contribution is 4.78. The van der Waals surface area contributed by atoms with Crippen molar-refractivity contribution in [3.05, 3.63) is 0 Å². The van der Waals surface area contributed by atoms with E-state index in [9.17, 15) is 8.78 Å². The molecule has 1 fully saturated rings. The van der Waals surface area contributed by atoms with Crippen LogP contribution < -0.4 is 0 Å². The van der Waals surface area contributed by atoms with E-state index in [2.05, 4.69) is 13.8 Å². The molecule has 0 spiro atoms. The van der Waals surface area contributed by atoms with E-state index in [1.165, 1.54) is 0 Å². The first-order chi connectivity index (χ1) is 5.11. The van der Waals surface area contributed by atoms with Gasteiger partial charge in [-0.3, -0.25) is 0 Å². The lowest BCUT2D eigenvalue weighted by atomic mass is 9.93. The third kappa shape index (κ3) is 2.14. The van der Waals surface area contributed by atoms with Gasteiger partial charge in [-0.25, -0.2) is 8.78 Å². The van der Waals surface area contributed by atoms with Crippen LogP contribution in [0.3, 0.4) is 0 Å². The summed E-state index contributed by atoms with van der Waals surface area (Å²) in [5, 5.41) is 0. The van der Waals surface area contributed by atoms with Crippen LogP contribution >= 0.6 is 0 Å². The average Bonchev–Trinajstić information content (AvgIpc) is 2.33. The Bertz CT molecular complexity index is 107. The molecular formula is C9H16F2. The van der Waals surface area contributed by atoms with E-state index in [0.717, 1.165) is 19.3 Å². The van der Waals surface area contributed by atoms with Gasteiger partial charge in [-0.2, -0.15) is 0 Å². The van der Waals surface area contributed by atoms with Gasteiger partial charge in [0.15, 0.2) is 0 Å². The van der Waals surface area contributed by atoms with Crippen LogP contribution in [0.15, 0.2) is 0 Å². The molecule has 11 heavy (non-hydrogen) atoms. The first-order valence-corrected chi connectivity index (χ1v) is 4.39. The topological polar surface area (TPSA) is 0 Å². The molecule has 0 aromatic heterocycles. The van der Waals surface area contributed by atoms with Gasteiger partial charge >= 0.3 is 0 Å². The Hall–Kier alpha value is -0.140. The second-order valence-electron chi connectivity index (χ2n) is 3.91. The first-order valence-electron chi connectivity index (χ1n) is 4.39. The standard InChI is InChI=1S/C9H16F2/c1-6(2)7-3-4-8(5-7)9(10)11/h6-9H,3-5H2,1-2H3/t7-,8?/m1/s1. The zero-order valence-electron chi connectivity index (χ0n) is 7.19. The zero-order chi connectivity index (χ0) is 8.43. The fourth-order valence-electron chi connectivity index (χ4n) is 1.89. The van der Waals surface area contributed by atoms with Gasteiger partial charge in [-0.15, -0.1) is 0 Å². The van der Waals surface area contributed by atoms with Gasteiger partial charge in [0.25, 0.3) is 0 Å². The summed E-state index contributed by atoms with van der Waals surface area (Å²) in [6.45, 7) is 4.25. The van der Waals surface area contributed by atoms with Crippen LogP contribution in [0.5, 0.6) is 0 Å². The molecule has 0 nitrogen and oxygen atoms in total. The molecule has 1 aliphatic carbocycles. The number of rotatable bonds is 2. The quantitative estimate of drug-likeness (QED) is 0.584. The Kier molecular flexibility index (Phi) is 2.85. The second kappa shape index (κ2) is 3.51. The molecule has 0 heterocycles. The summed E-state index contributed by atoms with van der Waals surface area (Å²) < 4.78 is 24.4. The molecule has 0 amide bonds. The number of hydrogen-bond acceptors (Lipinski definition) is 0. The van der Waals surface area contributed by atoms with Crippen molar-refractivity contribution < 1.29 is 8.78 Å². The largest absolute Gasteiger partial charge is 0.241 e. The predicted molar refractivity (Wildman–Crippen MR) is 41.7 cm³/mol. The molecule has 1 saturated carbocycles. The van der Waals surface area contributed by atoms with E-state index in [4.69, 9.17) is 0 Å². The van der Waals surface area contributed by atoms with Crippen LogP contribution in [-0.4, -0.2) is 6.43 Å². The molecule has 0 saturated heterocycles. The van der Waals surface area contributed by atoms with Crippen LogP contribution in [0.2, 0.25) is 0 Å². The van der Waals surface area contributed by atoms with Crippen molar-refractivity contribution in [1.82, 2.24) is 0 Å². The van der Waals surface area contributed by atoms with Crippen molar-refractivity contribution in [1.29, 1.82) is 0 Å². The van der Waals surface area contributed by atoms with Crippen molar-refractivity contribution in [2.24, 2.45) is 17.8 Å². The molecule has 0 aromatic rings. The third-order valence-corrected chi connectivity index (χ3v) is 2.81. The van der Waals surface area contributed by atoms with Gasteiger partial charge in [0, 0.05) is 5.92 Å². The van der Waals surface area contributed by atoms with Crippen LogP contribution in [0.4, 0.5) is 8.78 Å². The van der Waals surface area contributed by atoms with Crippen LogP contribution in [-0.2, 0) is 0 Å². The molecular weight excluding hydrogens is 146 g/mol. The van der Waals surface area contributed by atoms with Gasteiger partial charge in [-0.1, -0.05) is 13.8 Å². The van der Waals surface area contributed by atoms with Crippen molar-refractivity contribution in [2.75, 3.05) is 0 Å². The maximum absolute atomic E-state index is 12.2. The molecule has 1 rings (SSSR count). The molecule has 2 heteroatoms. The van der Waals surface area contributed by atoms with Crippen LogP contribution in [0.25, 0.3) is 0 Å². The number of alkyl halides is 2. The molecule has 0 aromatic carbocycles. The normalized spacial score (nSPS) is 32.2. The average molecular weight is 162 g/mol. The van der Waals surface area contributed by atoms with Gasteiger partial charge in [0.1, 0.15) is 0 Å². The highest BCUT2D eigenvalue weighted by Crippen LogP contribution is 2.38. The lowest BCUT2D eigenvalue weighted by Crippen LogP contribution is -2.09. The Balaban J connectivity index is 2.35. The van der Waals surface area contributed by atoms with Crippen molar-refractivity contribution >= 4 is 0 Å². The summed E-state index contributed by atoms with van der Waals surface area (Å²) in [5.74, 6) is 0.829. The molecule has 0 radical (unpaired) electrons. The minimum atomic E-state index is -2.08. The summed E-state index contributed by atoms with van der Waals surface area (Å²) in [6, 6.07) is 0. The van der Waals surface area contributed by atoms with Crippen molar-refractivity contribution in [2.45, 2.75) is 39.5 Å². The summed E-state index contributed by atoms with van der Waals surface area (Å²) >= 11 is 0. The molecule has 0 N–H and O–H groups in total. The summed E-state index contributed by atoms with van der Waals surface area (Å²) in [5.41, 5.74) is 0. The minimum Gasteiger partial charge on any atom is -0.210 e. The zero-order valence-corrected chi connectivity index (χ0v) is 7.19. The van der Waals surface area contributed by atoms with Crippen LogP contribution in [0.1, 0.15) is 33.1 Å². The van der Waals surface area contributed by atoms with E-state index in [1.807, 2.05) is 0 Å². The highest BCUT2D eigenvalue weighted by Gasteiger charge is 2.31. The monoisotopic (exact) mass is 162 g/mol. The Morgan fingerprint density at radius 1 is 1.09 bits per heavy atom. The summed E-state index contributed by atoms with van der Waals surface area (Å²) in [7, 11) is 0. The third-order valence-electron chi connectivity index (χ3n) is 2.81. The van der Waals surface area contributed by atoms with Crippen LogP contribution in [0, 0.1) is 17.8 Å². The van der Waals surface area contributed by atoms with Crippen molar-refractivity contribution in [3.63, 3.8) is 0 Å². The maximum Gasteiger partial charge on any atom is 0.241 e. The highest BCUT2D eigenvalue weighted by atomic mass is 19.3. The Morgan fingerprint density at radius 3 is 1.91 bits per heavy atom. The van der Waals surface area contributed by atoms with Gasteiger partial charge < -0.3 is 0 Å². The fourth-order valence-corrected chi connectivity index (χ4v) is 1.89. The number of halogens is 2. The van der Waals surface area contributed by atoms with Gasteiger partial charge in [0.05, 0.1) is 0 Å². The smallest absolute Gasteiger partial charge is 0.210 e. The fraction of sp³-hybridized carbons (Fsp3) is 1.00. The Labute approximate surface area is 67.0 Å². The molecule has 1 unspecified atom stereocenters. The van der Waals surface area contributed by atoms with E-state index >= 15 is 0 Å². The molecule has 0 bridgehead atoms. The molecule has 0 aliphatic heterocycles. The van der Waals surface area contributed by atoms with Crippen molar-refractivity contribution in [3.8, 4) is 0 Å². The van der Waals surface area contributed by atoms with Gasteiger partial charge in [-0.05, 0) is 31.1 Å². The molecule has 2 atom stereocenters. The SMILES string of the molecule is CC(C)[C@@H]1CCC(C(F)F)C1. The molecule has 1 aliphatic rings. The lowest BCUT2D eigenvalue weighted by Gasteiger charge is -2.13. The van der Waals surface area contributed by atoms with E-state index in [0.29, 0.717) is 11.8 Å². The number of hydrogen-bond donors (Lipinski definition) is 0.